The second-order valence-electron chi connectivity index (χ2n) is 5.30. The van der Waals surface area contributed by atoms with Crippen LogP contribution in [0.4, 0.5) is 14.5 Å². The summed E-state index contributed by atoms with van der Waals surface area (Å²) < 4.78 is 27.8. The normalized spacial score (nSPS) is 24.1. The van der Waals surface area contributed by atoms with Gasteiger partial charge in [0.2, 0.25) is 0 Å². The van der Waals surface area contributed by atoms with Gasteiger partial charge in [-0.2, -0.15) is 0 Å². The Labute approximate surface area is 106 Å². The molecule has 98 valence electrons. The predicted octanol–water partition coefficient (Wildman–Crippen LogP) is 3.26. The van der Waals surface area contributed by atoms with Crippen molar-refractivity contribution in [3.63, 3.8) is 0 Å². The molecule has 0 spiro atoms. The molecule has 0 bridgehead atoms. The van der Waals surface area contributed by atoms with Crippen molar-refractivity contribution in [1.29, 1.82) is 0 Å². The lowest BCUT2D eigenvalue weighted by Crippen LogP contribution is -2.39. The maximum absolute atomic E-state index is 13.9. The number of aldehydes is 1. The molecule has 0 aromatic heterocycles. The summed E-state index contributed by atoms with van der Waals surface area (Å²) in [6.07, 6.45) is 1.53. The Balaban J connectivity index is 2.35. The van der Waals surface area contributed by atoms with E-state index in [0.717, 1.165) is 18.6 Å². The van der Waals surface area contributed by atoms with Gasteiger partial charge < -0.3 is 4.90 Å². The summed E-state index contributed by atoms with van der Waals surface area (Å²) in [6, 6.07) is 2.19. The Bertz CT molecular complexity index is 428. The summed E-state index contributed by atoms with van der Waals surface area (Å²) in [5.41, 5.74) is 0.0332. The van der Waals surface area contributed by atoms with Gasteiger partial charge in [-0.25, -0.2) is 8.78 Å². The minimum absolute atomic E-state index is 0.000926. The van der Waals surface area contributed by atoms with Crippen LogP contribution in [0.1, 0.15) is 30.6 Å². The number of carbonyl (C=O) groups excluding carboxylic acids is 1. The molecule has 1 aliphatic heterocycles. The number of halogens is 2. The number of nitrogens with zero attached hydrogens (tertiary/aromatic N) is 1. The fourth-order valence-corrected chi connectivity index (χ4v) is 2.80. The monoisotopic (exact) mass is 253 g/mol. The average Bonchev–Trinajstić information content (AvgIpc) is 2.26. The van der Waals surface area contributed by atoms with Crippen LogP contribution in [-0.4, -0.2) is 19.4 Å². The summed E-state index contributed by atoms with van der Waals surface area (Å²) in [7, 11) is 0. The Morgan fingerprint density at radius 2 is 1.67 bits per heavy atom. The maximum atomic E-state index is 13.9. The Morgan fingerprint density at radius 1 is 1.17 bits per heavy atom. The largest absolute Gasteiger partial charge is 0.366 e. The van der Waals surface area contributed by atoms with Crippen molar-refractivity contribution in [2.45, 2.75) is 20.3 Å². The van der Waals surface area contributed by atoms with E-state index in [9.17, 15) is 13.6 Å². The highest BCUT2D eigenvalue weighted by atomic mass is 19.1. The van der Waals surface area contributed by atoms with Crippen molar-refractivity contribution in [1.82, 2.24) is 0 Å². The zero-order chi connectivity index (χ0) is 13.3. The van der Waals surface area contributed by atoms with E-state index >= 15 is 0 Å². The van der Waals surface area contributed by atoms with Crippen molar-refractivity contribution < 1.29 is 13.6 Å². The van der Waals surface area contributed by atoms with Gasteiger partial charge in [0.25, 0.3) is 0 Å². The second kappa shape index (κ2) is 5.04. The zero-order valence-corrected chi connectivity index (χ0v) is 10.6. The highest BCUT2D eigenvalue weighted by Gasteiger charge is 2.26. The second-order valence-corrected chi connectivity index (χ2v) is 5.30. The molecule has 0 aliphatic carbocycles. The van der Waals surface area contributed by atoms with E-state index in [2.05, 4.69) is 13.8 Å². The number of hydrogen-bond acceptors (Lipinski definition) is 2. The van der Waals surface area contributed by atoms with Crippen LogP contribution >= 0.6 is 0 Å². The van der Waals surface area contributed by atoms with Crippen molar-refractivity contribution in [3.05, 3.63) is 29.3 Å². The van der Waals surface area contributed by atoms with Crippen molar-refractivity contribution >= 4 is 12.0 Å². The van der Waals surface area contributed by atoms with Crippen LogP contribution in [-0.2, 0) is 0 Å². The van der Waals surface area contributed by atoms with Gasteiger partial charge in [-0.05, 0) is 30.4 Å². The number of benzene rings is 1. The van der Waals surface area contributed by atoms with E-state index in [1.165, 1.54) is 0 Å². The first-order valence-electron chi connectivity index (χ1n) is 6.20. The Hall–Kier alpha value is -1.45. The molecule has 2 nitrogen and oxygen atoms in total. The summed E-state index contributed by atoms with van der Waals surface area (Å²) in [5.74, 6) is -0.478. The lowest BCUT2D eigenvalue weighted by Gasteiger charge is -2.36. The number of rotatable bonds is 2. The van der Waals surface area contributed by atoms with Crippen LogP contribution in [0.5, 0.6) is 0 Å². The van der Waals surface area contributed by atoms with Crippen molar-refractivity contribution in [2.24, 2.45) is 11.8 Å². The molecule has 1 fully saturated rings. The third kappa shape index (κ3) is 2.52. The number of piperidine rings is 1. The molecule has 1 aliphatic rings. The van der Waals surface area contributed by atoms with Crippen LogP contribution in [0.25, 0.3) is 0 Å². The Morgan fingerprint density at radius 3 is 2.11 bits per heavy atom. The Kier molecular flexibility index (Phi) is 3.64. The fourth-order valence-electron chi connectivity index (χ4n) is 2.80. The molecule has 2 rings (SSSR count). The third-order valence-electron chi connectivity index (χ3n) is 3.36. The van der Waals surface area contributed by atoms with Gasteiger partial charge in [-0.15, -0.1) is 0 Å². The molecule has 2 unspecified atom stereocenters. The standard InChI is InChI=1S/C14H17F2NO/c1-9-3-10(2)7-17(6-9)14-12(15)4-11(8-18)5-13(14)16/h4-5,8-10H,3,6-7H2,1-2H3. The minimum atomic E-state index is -0.654. The summed E-state index contributed by atoms with van der Waals surface area (Å²) in [5, 5.41) is 0. The molecule has 18 heavy (non-hydrogen) atoms. The van der Waals surface area contributed by atoms with Gasteiger partial charge in [0.1, 0.15) is 23.6 Å². The number of carbonyl (C=O) groups is 1. The van der Waals surface area contributed by atoms with Gasteiger partial charge in [-0.1, -0.05) is 13.8 Å². The van der Waals surface area contributed by atoms with Gasteiger partial charge in [0, 0.05) is 18.7 Å². The molecule has 0 N–H and O–H groups in total. The molecule has 0 saturated carbocycles. The molecule has 0 amide bonds. The molecule has 1 heterocycles. The topological polar surface area (TPSA) is 20.3 Å². The van der Waals surface area contributed by atoms with E-state index < -0.39 is 11.6 Å². The molecular weight excluding hydrogens is 236 g/mol. The van der Waals surface area contributed by atoms with Crippen molar-refractivity contribution in [2.75, 3.05) is 18.0 Å². The SMILES string of the molecule is CC1CC(C)CN(c2c(F)cc(C=O)cc2F)C1. The zero-order valence-electron chi connectivity index (χ0n) is 10.6. The van der Waals surface area contributed by atoms with E-state index in [1.807, 2.05) is 0 Å². The quantitative estimate of drug-likeness (QED) is 0.754. The van der Waals surface area contributed by atoms with E-state index in [1.54, 1.807) is 4.90 Å². The number of hydrogen-bond donors (Lipinski definition) is 0. The molecule has 1 saturated heterocycles. The van der Waals surface area contributed by atoms with Crippen LogP contribution in [0.15, 0.2) is 12.1 Å². The lowest BCUT2D eigenvalue weighted by molar-refractivity contribution is 0.112. The fraction of sp³-hybridized carbons (Fsp3) is 0.500. The molecule has 4 heteroatoms. The van der Waals surface area contributed by atoms with Gasteiger partial charge in [-0.3, -0.25) is 4.79 Å². The molecule has 2 atom stereocenters. The van der Waals surface area contributed by atoms with Gasteiger partial charge in [0.15, 0.2) is 0 Å². The van der Waals surface area contributed by atoms with E-state index in [-0.39, 0.29) is 11.3 Å². The van der Waals surface area contributed by atoms with Crippen LogP contribution in [0.3, 0.4) is 0 Å². The van der Waals surface area contributed by atoms with Crippen molar-refractivity contribution in [3.8, 4) is 0 Å². The highest BCUT2D eigenvalue weighted by molar-refractivity contribution is 5.76. The molecule has 0 radical (unpaired) electrons. The first-order valence-corrected chi connectivity index (χ1v) is 6.20. The summed E-state index contributed by atoms with van der Waals surface area (Å²) in [6.45, 7) is 5.47. The molecule has 1 aromatic rings. The first kappa shape index (κ1) is 13.0. The average molecular weight is 253 g/mol. The number of anilines is 1. The maximum Gasteiger partial charge on any atom is 0.150 e. The van der Waals surface area contributed by atoms with Crippen LogP contribution in [0, 0.1) is 23.5 Å². The molecule has 1 aromatic carbocycles. The van der Waals surface area contributed by atoms with Crippen LogP contribution < -0.4 is 4.90 Å². The smallest absolute Gasteiger partial charge is 0.150 e. The van der Waals surface area contributed by atoms with E-state index in [0.29, 0.717) is 31.2 Å². The van der Waals surface area contributed by atoms with Crippen LogP contribution in [0.2, 0.25) is 0 Å². The van der Waals surface area contributed by atoms with Gasteiger partial charge >= 0.3 is 0 Å². The predicted molar refractivity (Wildman–Crippen MR) is 66.9 cm³/mol. The highest BCUT2D eigenvalue weighted by Crippen LogP contribution is 2.30. The summed E-state index contributed by atoms with van der Waals surface area (Å²) in [4.78, 5) is 12.3. The minimum Gasteiger partial charge on any atom is -0.366 e. The van der Waals surface area contributed by atoms with Gasteiger partial charge in [0.05, 0.1) is 0 Å². The van der Waals surface area contributed by atoms with E-state index in [4.69, 9.17) is 0 Å². The summed E-state index contributed by atoms with van der Waals surface area (Å²) >= 11 is 0. The third-order valence-corrected chi connectivity index (χ3v) is 3.36. The molecular formula is C14H17F2NO. The first-order chi connectivity index (χ1) is 8.51. The lowest BCUT2D eigenvalue weighted by atomic mass is 9.91.